The van der Waals surface area contributed by atoms with Gasteiger partial charge in [-0.3, -0.25) is 4.79 Å². The summed E-state index contributed by atoms with van der Waals surface area (Å²) >= 11 is 6.01. The summed E-state index contributed by atoms with van der Waals surface area (Å²) in [6.07, 6.45) is 0. The molecule has 0 aliphatic carbocycles. The molecule has 2 aromatic carbocycles. The van der Waals surface area contributed by atoms with Gasteiger partial charge in [0.15, 0.2) is 6.61 Å². The number of hydrogen-bond donors (Lipinski definition) is 1. The molecule has 1 amide bonds. The summed E-state index contributed by atoms with van der Waals surface area (Å²) in [7, 11) is 0. The number of carbonyl (C=O) groups is 2. The number of hydrogen-bond acceptors (Lipinski definition) is 4. The summed E-state index contributed by atoms with van der Waals surface area (Å²) in [6.45, 7) is 6.14. The number of amides is 1. The second kappa shape index (κ2) is 9.25. The van der Waals surface area contributed by atoms with E-state index in [9.17, 15) is 9.59 Å². The molecule has 0 atom stereocenters. The van der Waals surface area contributed by atoms with E-state index in [0.717, 1.165) is 5.56 Å². The molecule has 0 radical (unpaired) electrons. The normalized spacial score (nSPS) is 10.5. The molecule has 0 unspecified atom stereocenters. The first-order valence-corrected chi connectivity index (χ1v) is 8.69. The zero-order valence-electron chi connectivity index (χ0n) is 15.0. The van der Waals surface area contributed by atoms with E-state index in [1.165, 1.54) is 0 Å². The Morgan fingerprint density at radius 3 is 2.46 bits per heavy atom. The van der Waals surface area contributed by atoms with Crippen molar-refractivity contribution < 1.29 is 19.1 Å². The third kappa shape index (κ3) is 5.77. The van der Waals surface area contributed by atoms with Crippen LogP contribution in [0.3, 0.4) is 0 Å². The topological polar surface area (TPSA) is 64.6 Å². The first kappa shape index (κ1) is 19.8. The van der Waals surface area contributed by atoms with E-state index in [-0.39, 0.29) is 6.61 Å². The van der Waals surface area contributed by atoms with Gasteiger partial charge in [-0.25, -0.2) is 4.79 Å². The van der Waals surface area contributed by atoms with Gasteiger partial charge in [-0.2, -0.15) is 0 Å². The molecule has 0 fully saturated rings. The van der Waals surface area contributed by atoms with Crippen molar-refractivity contribution in [3.05, 3.63) is 58.6 Å². The first-order valence-electron chi connectivity index (χ1n) is 8.31. The van der Waals surface area contributed by atoms with Crippen molar-refractivity contribution in [2.45, 2.75) is 20.8 Å². The molecule has 0 saturated heterocycles. The lowest BCUT2D eigenvalue weighted by Crippen LogP contribution is -2.21. The molecule has 2 rings (SSSR count). The smallest absolute Gasteiger partial charge is 0.338 e. The minimum absolute atomic E-state index is 0.355. The summed E-state index contributed by atoms with van der Waals surface area (Å²) in [4.78, 5) is 24.0. The molecule has 0 bridgehead atoms. The summed E-state index contributed by atoms with van der Waals surface area (Å²) in [5.74, 6) is 0.102. The lowest BCUT2D eigenvalue weighted by molar-refractivity contribution is -0.119. The van der Waals surface area contributed by atoms with Crippen molar-refractivity contribution in [1.29, 1.82) is 0 Å². The van der Waals surface area contributed by atoms with Crippen LogP contribution in [-0.4, -0.2) is 25.1 Å². The highest BCUT2D eigenvalue weighted by Crippen LogP contribution is 2.22. The highest BCUT2D eigenvalue weighted by atomic mass is 35.5. The maximum Gasteiger partial charge on any atom is 0.338 e. The Bertz CT molecular complexity index is 772. The molecule has 6 heteroatoms. The predicted octanol–water partition coefficient (Wildman–Crippen LogP) is 4.48. The first-order chi connectivity index (χ1) is 12.4. The molecule has 0 spiro atoms. The molecule has 5 nitrogen and oxygen atoms in total. The van der Waals surface area contributed by atoms with Crippen LogP contribution in [0.1, 0.15) is 29.8 Å². The van der Waals surface area contributed by atoms with Crippen molar-refractivity contribution in [2.75, 3.05) is 18.5 Å². The van der Waals surface area contributed by atoms with E-state index in [1.54, 1.807) is 49.4 Å². The number of esters is 1. The van der Waals surface area contributed by atoms with Crippen LogP contribution in [0.15, 0.2) is 42.5 Å². The third-order valence-electron chi connectivity index (χ3n) is 3.55. The van der Waals surface area contributed by atoms with E-state index in [1.807, 2.05) is 0 Å². The van der Waals surface area contributed by atoms with Crippen LogP contribution in [0.25, 0.3) is 0 Å². The molecule has 0 saturated carbocycles. The number of benzene rings is 2. The monoisotopic (exact) mass is 375 g/mol. The van der Waals surface area contributed by atoms with E-state index in [4.69, 9.17) is 21.1 Å². The lowest BCUT2D eigenvalue weighted by atomic mass is 10.2. The number of ether oxygens (including phenoxy) is 2. The molecule has 2 aromatic rings. The zero-order valence-corrected chi connectivity index (χ0v) is 15.8. The van der Waals surface area contributed by atoms with Crippen molar-refractivity contribution in [2.24, 2.45) is 5.92 Å². The van der Waals surface area contributed by atoms with Crippen LogP contribution in [0.2, 0.25) is 5.02 Å². The van der Waals surface area contributed by atoms with Gasteiger partial charge >= 0.3 is 5.97 Å². The molecule has 0 aromatic heterocycles. The summed E-state index contributed by atoms with van der Waals surface area (Å²) < 4.78 is 10.6. The molecule has 0 aliphatic rings. The molecular formula is C20H22ClNO4. The quantitative estimate of drug-likeness (QED) is 0.725. The number of halogens is 1. The highest BCUT2D eigenvalue weighted by molar-refractivity contribution is 6.31. The van der Waals surface area contributed by atoms with Crippen molar-refractivity contribution in [1.82, 2.24) is 0 Å². The Morgan fingerprint density at radius 1 is 1.12 bits per heavy atom. The Balaban J connectivity index is 1.85. The average molecular weight is 376 g/mol. The fraction of sp³-hybridized carbons (Fsp3) is 0.300. The number of anilines is 1. The second-order valence-corrected chi connectivity index (χ2v) is 6.67. The number of carbonyl (C=O) groups excluding carboxylic acids is 2. The van der Waals surface area contributed by atoms with Gasteiger partial charge in [-0.05, 0) is 54.8 Å². The largest absolute Gasteiger partial charge is 0.493 e. The summed E-state index contributed by atoms with van der Waals surface area (Å²) in [5, 5.41) is 3.23. The van der Waals surface area contributed by atoms with Gasteiger partial charge in [0.2, 0.25) is 0 Å². The van der Waals surface area contributed by atoms with Gasteiger partial charge < -0.3 is 14.8 Å². The molecular weight excluding hydrogens is 354 g/mol. The Hall–Kier alpha value is -2.53. The lowest BCUT2D eigenvalue weighted by Gasteiger charge is -2.10. The van der Waals surface area contributed by atoms with Crippen LogP contribution in [0, 0.1) is 12.8 Å². The third-order valence-corrected chi connectivity index (χ3v) is 3.96. The minimum atomic E-state index is -0.571. The minimum Gasteiger partial charge on any atom is -0.493 e. The van der Waals surface area contributed by atoms with Crippen molar-refractivity contribution in [3.63, 3.8) is 0 Å². The fourth-order valence-electron chi connectivity index (χ4n) is 2.09. The zero-order chi connectivity index (χ0) is 19.1. The fourth-order valence-corrected chi connectivity index (χ4v) is 2.27. The van der Waals surface area contributed by atoms with E-state index in [2.05, 4.69) is 19.2 Å². The molecule has 0 aliphatic heterocycles. The Morgan fingerprint density at radius 2 is 1.81 bits per heavy atom. The number of rotatable bonds is 7. The average Bonchev–Trinajstić information content (AvgIpc) is 2.62. The van der Waals surface area contributed by atoms with Crippen LogP contribution in [0.4, 0.5) is 5.69 Å². The van der Waals surface area contributed by atoms with Gasteiger partial charge in [-0.15, -0.1) is 0 Å². The van der Waals surface area contributed by atoms with Gasteiger partial charge in [0, 0.05) is 10.7 Å². The van der Waals surface area contributed by atoms with Gasteiger partial charge in [0.05, 0.1) is 12.2 Å². The van der Waals surface area contributed by atoms with Gasteiger partial charge in [0.1, 0.15) is 5.75 Å². The molecule has 1 N–H and O–H groups in total. The number of nitrogens with one attached hydrogen (secondary N) is 1. The summed E-state index contributed by atoms with van der Waals surface area (Å²) in [5.41, 5.74) is 1.70. The maximum absolute atomic E-state index is 12.0. The Labute approximate surface area is 158 Å². The summed E-state index contributed by atoms with van der Waals surface area (Å²) in [6, 6.07) is 11.8. The molecule has 138 valence electrons. The maximum atomic E-state index is 12.0. The van der Waals surface area contributed by atoms with Crippen LogP contribution in [0.5, 0.6) is 5.75 Å². The second-order valence-electron chi connectivity index (χ2n) is 6.27. The van der Waals surface area contributed by atoms with E-state index >= 15 is 0 Å². The highest BCUT2D eigenvalue weighted by Gasteiger charge is 2.12. The molecule has 26 heavy (non-hydrogen) atoms. The van der Waals surface area contributed by atoms with Crippen LogP contribution >= 0.6 is 11.6 Å². The predicted molar refractivity (Wildman–Crippen MR) is 102 cm³/mol. The van der Waals surface area contributed by atoms with E-state index in [0.29, 0.717) is 34.5 Å². The SMILES string of the molecule is Cc1c(Cl)cccc1NC(=O)COC(=O)c1ccc(OCC(C)C)cc1. The van der Waals surface area contributed by atoms with Crippen molar-refractivity contribution in [3.8, 4) is 5.75 Å². The van der Waals surface area contributed by atoms with Crippen LogP contribution in [-0.2, 0) is 9.53 Å². The van der Waals surface area contributed by atoms with Crippen molar-refractivity contribution >= 4 is 29.2 Å². The molecule has 0 heterocycles. The van der Waals surface area contributed by atoms with Crippen LogP contribution < -0.4 is 10.1 Å². The van der Waals surface area contributed by atoms with Gasteiger partial charge in [-0.1, -0.05) is 31.5 Å². The standard InChI is InChI=1S/C20H22ClNO4/c1-13(2)11-25-16-9-7-15(8-10-16)20(24)26-12-19(23)22-18-6-4-5-17(21)14(18)3/h4-10,13H,11-12H2,1-3H3,(H,22,23). The van der Waals surface area contributed by atoms with E-state index < -0.39 is 11.9 Å². The Kier molecular flexibility index (Phi) is 7.04. The van der Waals surface area contributed by atoms with Gasteiger partial charge in [0.25, 0.3) is 5.91 Å².